The van der Waals surface area contributed by atoms with Gasteiger partial charge in [0.15, 0.2) is 0 Å². The number of amides is 1. The highest BCUT2D eigenvalue weighted by molar-refractivity contribution is 9.11. The van der Waals surface area contributed by atoms with Crippen molar-refractivity contribution in [3.05, 3.63) is 78.1 Å². The monoisotopic (exact) mass is 517 g/mol. The highest BCUT2D eigenvalue weighted by atomic mass is 79.9. The molecule has 3 nitrogen and oxygen atoms in total. The van der Waals surface area contributed by atoms with Crippen LogP contribution in [0.3, 0.4) is 0 Å². The molecule has 1 N–H and O–H groups in total. The average Bonchev–Trinajstić information content (AvgIpc) is 3.05. The standard InChI is InChI=1S/C18H11Br2ClFNO2S/c19-14-6-12(22)7-15(20)17(14)23-18(24)16-4-10(9-26-16)8-25-13-3-1-2-11(21)5-13/h1-7,9H,8H2,(H,23,24). The van der Waals surface area contributed by atoms with Gasteiger partial charge < -0.3 is 10.1 Å². The van der Waals surface area contributed by atoms with Crippen molar-refractivity contribution in [3.63, 3.8) is 0 Å². The summed E-state index contributed by atoms with van der Waals surface area (Å²) in [5, 5.41) is 5.23. The fourth-order valence-corrected chi connectivity index (χ4v) is 4.43. The van der Waals surface area contributed by atoms with Crippen molar-refractivity contribution in [1.29, 1.82) is 0 Å². The molecule has 0 aliphatic rings. The fraction of sp³-hybridized carbons (Fsp3) is 0.0556. The summed E-state index contributed by atoms with van der Waals surface area (Å²) in [6.45, 7) is 0.327. The topological polar surface area (TPSA) is 38.3 Å². The van der Waals surface area contributed by atoms with Crippen LogP contribution >= 0.6 is 54.8 Å². The van der Waals surface area contributed by atoms with E-state index < -0.39 is 5.82 Å². The summed E-state index contributed by atoms with van der Waals surface area (Å²) >= 11 is 13.7. The normalized spacial score (nSPS) is 10.6. The zero-order valence-electron chi connectivity index (χ0n) is 13.1. The van der Waals surface area contributed by atoms with Gasteiger partial charge in [-0.25, -0.2) is 4.39 Å². The highest BCUT2D eigenvalue weighted by Crippen LogP contribution is 2.32. The van der Waals surface area contributed by atoms with E-state index in [0.717, 1.165) is 5.56 Å². The van der Waals surface area contributed by atoms with Gasteiger partial charge in [-0.1, -0.05) is 17.7 Å². The van der Waals surface area contributed by atoms with Gasteiger partial charge in [-0.3, -0.25) is 4.79 Å². The molecule has 0 saturated carbocycles. The van der Waals surface area contributed by atoms with Gasteiger partial charge in [0.1, 0.15) is 18.2 Å². The number of thiophene rings is 1. The Morgan fingerprint density at radius 2 is 1.92 bits per heavy atom. The molecular weight excluding hydrogens is 509 g/mol. The SMILES string of the molecule is O=C(Nc1c(Br)cc(F)cc1Br)c1cc(COc2cccc(Cl)c2)cs1. The summed E-state index contributed by atoms with van der Waals surface area (Å²) < 4.78 is 19.9. The Balaban J connectivity index is 1.67. The van der Waals surface area contributed by atoms with E-state index in [4.69, 9.17) is 16.3 Å². The number of halogens is 4. The number of hydrogen-bond donors (Lipinski definition) is 1. The van der Waals surface area contributed by atoms with Gasteiger partial charge in [0.25, 0.3) is 5.91 Å². The summed E-state index contributed by atoms with van der Waals surface area (Å²) in [6, 6.07) is 11.5. The van der Waals surface area contributed by atoms with Crippen molar-refractivity contribution in [1.82, 2.24) is 0 Å². The number of anilines is 1. The van der Waals surface area contributed by atoms with Crippen LogP contribution in [-0.4, -0.2) is 5.91 Å². The van der Waals surface area contributed by atoms with Crippen LogP contribution in [0, 0.1) is 5.82 Å². The van der Waals surface area contributed by atoms with E-state index >= 15 is 0 Å². The third kappa shape index (κ3) is 4.85. The van der Waals surface area contributed by atoms with Gasteiger partial charge in [0.2, 0.25) is 0 Å². The summed E-state index contributed by atoms with van der Waals surface area (Å²) in [5.41, 5.74) is 1.35. The fourth-order valence-electron chi connectivity index (χ4n) is 2.13. The molecule has 0 bridgehead atoms. The second-order valence-electron chi connectivity index (χ2n) is 5.26. The first-order chi connectivity index (χ1) is 12.4. The number of hydrogen-bond acceptors (Lipinski definition) is 3. The molecule has 0 radical (unpaired) electrons. The first-order valence-corrected chi connectivity index (χ1v) is 10.2. The molecule has 0 aliphatic carbocycles. The van der Waals surface area contributed by atoms with Gasteiger partial charge in [-0.2, -0.15) is 0 Å². The first kappa shape index (κ1) is 19.4. The minimum atomic E-state index is -0.404. The lowest BCUT2D eigenvalue weighted by Crippen LogP contribution is -2.11. The lowest BCUT2D eigenvalue weighted by atomic mass is 10.3. The second-order valence-corrected chi connectivity index (χ2v) is 8.32. The van der Waals surface area contributed by atoms with Crippen molar-refractivity contribution in [2.75, 3.05) is 5.32 Å². The maximum absolute atomic E-state index is 13.3. The molecule has 1 amide bonds. The van der Waals surface area contributed by atoms with Crippen molar-refractivity contribution in [2.45, 2.75) is 6.61 Å². The number of rotatable bonds is 5. The van der Waals surface area contributed by atoms with Gasteiger partial charge in [0, 0.05) is 19.5 Å². The van der Waals surface area contributed by atoms with Crippen LogP contribution in [0.2, 0.25) is 5.02 Å². The van der Waals surface area contributed by atoms with Crippen molar-refractivity contribution in [3.8, 4) is 5.75 Å². The molecule has 0 unspecified atom stereocenters. The average molecular weight is 520 g/mol. The minimum Gasteiger partial charge on any atom is -0.489 e. The predicted molar refractivity (Wildman–Crippen MR) is 110 cm³/mol. The third-order valence-corrected chi connectivity index (χ3v) is 5.79. The van der Waals surface area contributed by atoms with Crippen molar-refractivity contribution in [2.24, 2.45) is 0 Å². The van der Waals surface area contributed by atoms with Crippen molar-refractivity contribution >= 4 is 66.4 Å². The first-order valence-electron chi connectivity index (χ1n) is 7.34. The Morgan fingerprint density at radius 1 is 1.19 bits per heavy atom. The van der Waals surface area contributed by atoms with Crippen LogP contribution < -0.4 is 10.1 Å². The van der Waals surface area contributed by atoms with Crippen LogP contribution in [0.15, 0.2) is 56.8 Å². The van der Waals surface area contributed by atoms with E-state index in [1.807, 2.05) is 17.5 Å². The molecule has 3 rings (SSSR count). The minimum absolute atomic E-state index is 0.281. The number of nitrogens with one attached hydrogen (secondary N) is 1. The zero-order valence-corrected chi connectivity index (χ0v) is 17.8. The Hall–Kier alpha value is -1.41. The molecule has 2 aromatic carbocycles. The molecule has 0 atom stereocenters. The van der Waals surface area contributed by atoms with E-state index in [-0.39, 0.29) is 5.91 Å². The Bertz CT molecular complexity index is 941. The quantitative estimate of drug-likeness (QED) is 0.398. The van der Waals surface area contributed by atoms with Crippen LogP contribution in [0.5, 0.6) is 5.75 Å². The lowest BCUT2D eigenvalue weighted by Gasteiger charge is -2.09. The maximum atomic E-state index is 13.3. The molecule has 26 heavy (non-hydrogen) atoms. The number of benzene rings is 2. The van der Waals surface area contributed by atoms with Crippen LogP contribution in [0.1, 0.15) is 15.2 Å². The Labute approximate surface area is 175 Å². The maximum Gasteiger partial charge on any atom is 0.265 e. The number of carbonyl (C=O) groups is 1. The molecule has 134 valence electrons. The summed E-state index contributed by atoms with van der Waals surface area (Å²) in [5.74, 6) is -0.0239. The van der Waals surface area contributed by atoms with Gasteiger partial charge in [-0.15, -0.1) is 11.3 Å². The van der Waals surface area contributed by atoms with Crippen LogP contribution in [0.4, 0.5) is 10.1 Å². The zero-order chi connectivity index (χ0) is 18.7. The molecule has 3 aromatic rings. The van der Waals surface area contributed by atoms with E-state index in [1.54, 1.807) is 18.2 Å². The molecule has 1 aromatic heterocycles. The van der Waals surface area contributed by atoms with Crippen LogP contribution in [0.25, 0.3) is 0 Å². The molecule has 8 heteroatoms. The molecule has 0 saturated heterocycles. The van der Waals surface area contributed by atoms with E-state index in [0.29, 0.717) is 36.9 Å². The summed E-state index contributed by atoms with van der Waals surface area (Å²) in [6.07, 6.45) is 0. The van der Waals surface area contributed by atoms with E-state index in [2.05, 4.69) is 37.2 Å². The van der Waals surface area contributed by atoms with E-state index in [1.165, 1.54) is 23.5 Å². The number of carbonyl (C=O) groups excluding carboxylic acids is 1. The van der Waals surface area contributed by atoms with Gasteiger partial charge in [0.05, 0.1) is 10.6 Å². The molecule has 1 heterocycles. The van der Waals surface area contributed by atoms with Crippen LogP contribution in [-0.2, 0) is 6.61 Å². The lowest BCUT2D eigenvalue weighted by molar-refractivity contribution is 0.103. The van der Waals surface area contributed by atoms with Crippen molar-refractivity contribution < 1.29 is 13.9 Å². The highest BCUT2D eigenvalue weighted by Gasteiger charge is 2.14. The molecule has 0 aliphatic heterocycles. The van der Waals surface area contributed by atoms with Gasteiger partial charge in [-0.05, 0) is 73.6 Å². The second kappa shape index (κ2) is 8.52. The summed E-state index contributed by atoms with van der Waals surface area (Å²) in [7, 11) is 0. The molecule has 0 spiro atoms. The smallest absolute Gasteiger partial charge is 0.265 e. The predicted octanol–water partition coefficient (Wildman–Crippen LogP) is 6.90. The van der Waals surface area contributed by atoms with Gasteiger partial charge >= 0.3 is 0 Å². The number of ether oxygens (including phenoxy) is 1. The van der Waals surface area contributed by atoms with E-state index in [9.17, 15) is 9.18 Å². The molecule has 0 fully saturated rings. The Morgan fingerprint density at radius 3 is 2.62 bits per heavy atom. The largest absolute Gasteiger partial charge is 0.489 e. The third-order valence-electron chi connectivity index (χ3n) is 3.32. The molecular formula is C18H11Br2ClFNO2S. The summed E-state index contributed by atoms with van der Waals surface area (Å²) in [4.78, 5) is 13.0. The Kier molecular flexibility index (Phi) is 6.34.